The van der Waals surface area contributed by atoms with Crippen LogP contribution in [-0.2, 0) is 16.0 Å². The maximum Gasteiger partial charge on any atom is 0.277 e. The molecule has 0 saturated heterocycles. The SMILES string of the molecule is CCCc1ccc([C@H]([NH2+]CC(=O)N(C)CC(=O)NC)C(C)C)cc1. The molecule has 2 amide bonds. The molecular weight excluding hydrogens is 302 g/mol. The molecule has 5 nitrogen and oxygen atoms in total. The van der Waals surface area contributed by atoms with Crippen LogP contribution < -0.4 is 10.6 Å². The minimum Gasteiger partial charge on any atom is -0.358 e. The van der Waals surface area contributed by atoms with Crippen LogP contribution in [0.2, 0.25) is 0 Å². The molecule has 134 valence electrons. The van der Waals surface area contributed by atoms with E-state index in [4.69, 9.17) is 0 Å². The van der Waals surface area contributed by atoms with Crippen LogP contribution in [0.15, 0.2) is 24.3 Å². The zero-order valence-electron chi connectivity index (χ0n) is 15.6. The molecule has 0 unspecified atom stereocenters. The number of likely N-dealkylation sites (N-methyl/N-ethyl adjacent to an activating group) is 2. The number of aryl methyl sites for hydroxylation is 1. The quantitative estimate of drug-likeness (QED) is 0.710. The Hall–Kier alpha value is -1.88. The standard InChI is InChI=1S/C19H31N3O2/c1-6-7-15-8-10-16(11-9-15)19(14(2)3)21-12-18(24)22(5)13-17(23)20-4/h8-11,14,19,21H,6-7,12-13H2,1-5H3,(H,20,23)/p+1/t19-/m1/s1. The number of hydrogen-bond acceptors (Lipinski definition) is 2. The smallest absolute Gasteiger partial charge is 0.277 e. The zero-order chi connectivity index (χ0) is 18.1. The maximum atomic E-state index is 12.2. The Labute approximate surface area is 145 Å². The lowest BCUT2D eigenvalue weighted by atomic mass is 9.94. The van der Waals surface area contributed by atoms with E-state index >= 15 is 0 Å². The topological polar surface area (TPSA) is 66.0 Å². The number of carbonyl (C=O) groups is 2. The van der Waals surface area contributed by atoms with Crippen LogP contribution in [-0.4, -0.2) is 43.9 Å². The van der Waals surface area contributed by atoms with Gasteiger partial charge in [0.15, 0.2) is 6.54 Å². The first-order valence-electron chi connectivity index (χ1n) is 8.75. The molecule has 0 aliphatic carbocycles. The highest BCUT2D eigenvalue weighted by molar-refractivity contribution is 5.84. The fourth-order valence-corrected chi connectivity index (χ4v) is 2.75. The third-order valence-electron chi connectivity index (χ3n) is 4.25. The lowest BCUT2D eigenvalue weighted by Gasteiger charge is -2.21. The fourth-order valence-electron chi connectivity index (χ4n) is 2.75. The molecule has 1 atom stereocenters. The van der Waals surface area contributed by atoms with E-state index in [1.54, 1.807) is 14.1 Å². The highest BCUT2D eigenvalue weighted by Gasteiger charge is 2.22. The van der Waals surface area contributed by atoms with Gasteiger partial charge in [-0.3, -0.25) is 9.59 Å². The lowest BCUT2D eigenvalue weighted by Crippen LogP contribution is -2.88. The van der Waals surface area contributed by atoms with Gasteiger partial charge in [-0.05, 0) is 12.0 Å². The highest BCUT2D eigenvalue weighted by atomic mass is 16.2. The van der Waals surface area contributed by atoms with Crippen molar-refractivity contribution in [3.05, 3.63) is 35.4 Å². The van der Waals surface area contributed by atoms with E-state index in [1.807, 2.05) is 0 Å². The van der Waals surface area contributed by atoms with Gasteiger partial charge >= 0.3 is 0 Å². The summed E-state index contributed by atoms with van der Waals surface area (Å²) in [5.74, 6) is 0.226. The Kier molecular flexibility index (Phi) is 8.47. The Morgan fingerprint density at radius 2 is 1.83 bits per heavy atom. The molecule has 0 spiro atoms. The second-order valence-electron chi connectivity index (χ2n) is 6.62. The predicted molar refractivity (Wildman–Crippen MR) is 96.5 cm³/mol. The Morgan fingerprint density at radius 3 is 2.33 bits per heavy atom. The summed E-state index contributed by atoms with van der Waals surface area (Å²) in [6, 6.07) is 8.94. The molecule has 0 bridgehead atoms. The van der Waals surface area contributed by atoms with Gasteiger partial charge in [-0.2, -0.15) is 0 Å². The van der Waals surface area contributed by atoms with Crippen LogP contribution in [0.4, 0.5) is 0 Å². The molecular formula is C19H32N3O2+. The van der Waals surface area contributed by atoms with Crippen molar-refractivity contribution in [2.75, 3.05) is 27.2 Å². The Balaban J connectivity index is 2.66. The second-order valence-corrected chi connectivity index (χ2v) is 6.62. The average Bonchev–Trinajstić information content (AvgIpc) is 2.56. The highest BCUT2D eigenvalue weighted by Crippen LogP contribution is 2.18. The molecule has 0 fully saturated rings. The van der Waals surface area contributed by atoms with Crippen LogP contribution in [0.5, 0.6) is 0 Å². The second kappa shape index (κ2) is 10.1. The van der Waals surface area contributed by atoms with Crippen LogP contribution in [0.1, 0.15) is 44.4 Å². The van der Waals surface area contributed by atoms with Crippen LogP contribution in [0, 0.1) is 5.92 Å². The van der Waals surface area contributed by atoms with E-state index in [0.29, 0.717) is 12.5 Å². The minimum atomic E-state index is -0.155. The van der Waals surface area contributed by atoms with E-state index in [9.17, 15) is 9.59 Å². The summed E-state index contributed by atoms with van der Waals surface area (Å²) in [4.78, 5) is 25.0. The molecule has 0 aliphatic rings. The van der Waals surface area contributed by atoms with Crippen LogP contribution in [0.3, 0.4) is 0 Å². The van der Waals surface area contributed by atoms with Gasteiger partial charge in [0.05, 0.1) is 6.54 Å². The normalized spacial score (nSPS) is 12.1. The first-order chi connectivity index (χ1) is 11.4. The molecule has 1 rings (SSSR count). The van der Waals surface area contributed by atoms with Gasteiger partial charge in [-0.15, -0.1) is 0 Å². The van der Waals surface area contributed by atoms with Gasteiger partial charge in [-0.1, -0.05) is 51.5 Å². The van der Waals surface area contributed by atoms with Gasteiger partial charge in [-0.25, -0.2) is 0 Å². The summed E-state index contributed by atoms with van der Waals surface area (Å²) in [6.45, 7) is 6.95. The number of benzene rings is 1. The first kappa shape index (κ1) is 20.2. The van der Waals surface area contributed by atoms with E-state index < -0.39 is 0 Å². The lowest BCUT2D eigenvalue weighted by molar-refractivity contribution is -0.692. The summed E-state index contributed by atoms with van der Waals surface area (Å²) in [5, 5.41) is 4.60. The molecule has 3 N–H and O–H groups in total. The van der Waals surface area contributed by atoms with Crippen molar-refractivity contribution >= 4 is 11.8 Å². The summed E-state index contributed by atoms with van der Waals surface area (Å²) in [6.07, 6.45) is 2.24. The van der Waals surface area contributed by atoms with Crippen LogP contribution >= 0.6 is 0 Å². The van der Waals surface area contributed by atoms with E-state index in [-0.39, 0.29) is 24.4 Å². The molecule has 1 aromatic carbocycles. The van der Waals surface area contributed by atoms with Gasteiger partial charge in [0, 0.05) is 25.6 Å². The van der Waals surface area contributed by atoms with E-state index in [0.717, 1.165) is 12.8 Å². The average molecular weight is 334 g/mol. The molecule has 24 heavy (non-hydrogen) atoms. The van der Waals surface area contributed by atoms with Gasteiger partial charge in [0.25, 0.3) is 5.91 Å². The van der Waals surface area contributed by atoms with Crippen LogP contribution in [0.25, 0.3) is 0 Å². The number of carbonyl (C=O) groups excluding carboxylic acids is 2. The number of hydrogen-bond donors (Lipinski definition) is 2. The third-order valence-corrected chi connectivity index (χ3v) is 4.25. The fraction of sp³-hybridized carbons (Fsp3) is 0.579. The summed E-state index contributed by atoms with van der Waals surface area (Å²) >= 11 is 0. The molecule has 0 aliphatic heterocycles. The van der Waals surface area contributed by atoms with Crippen molar-refractivity contribution in [1.82, 2.24) is 10.2 Å². The van der Waals surface area contributed by atoms with Crippen molar-refractivity contribution in [3.8, 4) is 0 Å². The number of amides is 2. The molecule has 0 aromatic heterocycles. The number of quaternary nitrogens is 1. The number of nitrogens with two attached hydrogens (primary N) is 1. The Morgan fingerprint density at radius 1 is 1.21 bits per heavy atom. The van der Waals surface area contributed by atoms with Gasteiger partial charge < -0.3 is 15.5 Å². The largest absolute Gasteiger partial charge is 0.358 e. The van der Waals surface area contributed by atoms with Gasteiger partial charge in [0.1, 0.15) is 6.04 Å². The zero-order valence-corrected chi connectivity index (χ0v) is 15.6. The number of nitrogens with one attached hydrogen (secondary N) is 1. The summed E-state index contributed by atoms with van der Waals surface area (Å²) < 4.78 is 0. The Bertz CT molecular complexity index is 526. The van der Waals surface area contributed by atoms with Crippen molar-refractivity contribution in [2.45, 2.75) is 39.7 Å². The van der Waals surface area contributed by atoms with Crippen molar-refractivity contribution < 1.29 is 14.9 Å². The molecule has 0 saturated carbocycles. The van der Waals surface area contributed by atoms with E-state index in [1.165, 1.54) is 16.0 Å². The van der Waals surface area contributed by atoms with Gasteiger partial charge in [0.2, 0.25) is 5.91 Å². The minimum absolute atomic E-state index is 0.0353. The van der Waals surface area contributed by atoms with Crippen molar-refractivity contribution in [1.29, 1.82) is 0 Å². The number of nitrogens with zero attached hydrogens (tertiary/aromatic N) is 1. The number of rotatable bonds is 9. The molecule has 0 heterocycles. The maximum absolute atomic E-state index is 12.2. The predicted octanol–water partition coefficient (Wildman–Crippen LogP) is 1.10. The van der Waals surface area contributed by atoms with Crippen molar-refractivity contribution in [2.24, 2.45) is 5.92 Å². The molecule has 5 heteroatoms. The van der Waals surface area contributed by atoms with Crippen molar-refractivity contribution in [3.63, 3.8) is 0 Å². The monoisotopic (exact) mass is 334 g/mol. The third kappa shape index (κ3) is 6.32. The van der Waals surface area contributed by atoms with E-state index in [2.05, 4.69) is 55.7 Å². The summed E-state index contributed by atoms with van der Waals surface area (Å²) in [5.41, 5.74) is 2.59. The summed E-state index contributed by atoms with van der Waals surface area (Å²) in [7, 11) is 3.24. The molecule has 1 aromatic rings. The first-order valence-corrected chi connectivity index (χ1v) is 8.75. The molecule has 0 radical (unpaired) electrons.